The Morgan fingerprint density at radius 1 is 0.690 bits per heavy atom. The van der Waals surface area contributed by atoms with Crippen LogP contribution in [0.25, 0.3) is 49.0 Å². The Balaban J connectivity index is 0.000000209. The molecule has 15 heteroatoms. The summed E-state index contributed by atoms with van der Waals surface area (Å²) >= 11 is 0. The topological polar surface area (TPSA) is 167 Å². The Morgan fingerprint density at radius 3 is 1.12 bits per heavy atom. The van der Waals surface area contributed by atoms with Gasteiger partial charge in [-0.15, -0.1) is 6.01 Å². The van der Waals surface area contributed by atoms with Gasteiger partial charge in [-0.25, -0.2) is 8.42 Å². The number of nitrogens with zero attached hydrogens (tertiary/aromatic N) is 7. The Labute approximate surface area is 247 Å². The van der Waals surface area contributed by atoms with Gasteiger partial charge in [-0.05, 0) is 24.3 Å². The van der Waals surface area contributed by atoms with Gasteiger partial charge >= 0.3 is 22.6 Å². The second-order valence-corrected chi connectivity index (χ2v) is 9.01. The number of hydrogen-bond donors (Lipinski definition) is 0. The first kappa shape index (κ1) is 33.4. The van der Waals surface area contributed by atoms with Gasteiger partial charge in [0.2, 0.25) is 0 Å². The molecule has 0 amide bonds. The van der Waals surface area contributed by atoms with E-state index >= 15 is 0 Å². The van der Waals surface area contributed by atoms with Crippen LogP contribution >= 0.6 is 0 Å². The van der Waals surface area contributed by atoms with Crippen LogP contribution < -0.4 is 0 Å². The summed E-state index contributed by atoms with van der Waals surface area (Å²) in [4.78, 5) is 20.0. The maximum Gasteiger partial charge on any atom is 2.00 e. The molecule has 42 heavy (non-hydrogen) atoms. The number of pyridine rings is 4. The molecule has 0 fully saturated rings. The van der Waals surface area contributed by atoms with Crippen molar-refractivity contribution in [3.05, 3.63) is 103 Å². The first-order valence-corrected chi connectivity index (χ1v) is 12.6. The molecule has 0 saturated heterocycles. The minimum atomic E-state index is -6.09. The number of rotatable bonds is 0. The maximum atomic E-state index is 10.7. The first-order valence-electron chi connectivity index (χ1n) is 11.2. The summed E-state index contributed by atoms with van der Waals surface area (Å²) in [7, 11) is -6.09. The van der Waals surface area contributed by atoms with E-state index in [0.29, 0.717) is 0 Å². The standard InChI is InChI=1S/2C12H8N2.C2N3.CHF3O3S.Cu/c2*1-3-9-5-6-10-4-2-8-14-12(10)11(9)13-7-1;3-1-5-2-4;2-1(3,4)8(5,6)7;/h2*1-8H;;(H,5,6,7);/q;;-1;;+2/p-1. The zero-order valence-corrected chi connectivity index (χ0v) is 22.7. The molecule has 1 radical (unpaired) electrons. The fraction of sp³-hybridized carbons (Fsp3) is 0.0370. The molecule has 0 spiro atoms. The predicted molar refractivity (Wildman–Crippen MR) is 146 cm³/mol. The Hall–Kier alpha value is -4.83. The fourth-order valence-corrected chi connectivity index (χ4v) is 3.38. The van der Waals surface area contributed by atoms with Crippen molar-refractivity contribution in [3.63, 3.8) is 0 Å². The smallest absolute Gasteiger partial charge is 0.741 e. The van der Waals surface area contributed by atoms with Crippen LogP contribution in [0.2, 0.25) is 0 Å². The van der Waals surface area contributed by atoms with E-state index in [4.69, 9.17) is 23.6 Å². The molecule has 6 aromatic rings. The van der Waals surface area contributed by atoms with Crippen LogP contribution in [0.5, 0.6) is 0 Å². The van der Waals surface area contributed by atoms with Gasteiger partial charge in [-0.1, -0.05) is 48.5 Å². The number of nitriles is 1. The molecule has 0 atom stereocenters. The maximum absolute atomic E-state index is 10.7. The summed E-state index contributed by atoms with van der Waals surface area (Å²) in [5, 5.41) is 19.4. The Kier molecular flexibility index (Phi) is 12.1. The van der Waals surface area contributed by atoms with Crippen LogP contribution in [0.3, 0.4) is 0 Å². The zero-order chi connectivity index (χ0) is 29.9. The monoisotopic (exact) mass is 638 g/mol. The molecule has 0 aliphatic rings. The number of alkyl halides is 3. The van der Waals surface area contributed by atoms with Crippen LogP contribution in [-0.4, -0.2) is 44.4 Å². The van der Waals surface area contributed by atoms with E-state index in [2.05, 4.69) is 73.5 Å². The van der Waals surface area contributed by atoms with Crippen LogP contribution in [0, 0.1) is 11.5 Å². The molecule has 0 aliphatic carbocycles. The van der Waals surface area contributed by atoms with Crippen LogP contribution in [0.15, 0.2) is 103 Å². The van der Waals surface area contributed by atoms with Crippen molar-refractivity contribution in [1.82, 2.24) is 19.9 Å². The van der Waals surface area contributed by atoms with Gasteiger partial charge in [0.15, 0.2) is 10.1 Å². The summed E-state index contributed by atoms with van der Waals surface area (Å²) in [6.07, 6.45) is 8.49. The quantitative estimate of drug-likeness (QED) is 0.0500. The van der Waals surface area contributed by atoms with Crippen molar-refractivity contribution < 1.29 is 43.2 Å². The van der Waals surface area contributed by atoms with E-state index < -0.39 is 15.6 Å². The Morgan fingerprint density at radius 2 is 0.952 bits per heavy atom. The Bertz CT molecular complexity index is 1790. The molecule has 2 aromatic carbocycles. The van der Waals surface area contributed by atoms with E-state index in [-0.39, 0.29) is 17.1 Å². The normalized spacial score (nSPS) is 10.4. The van der Waals surface area contributed by atoms with Gasteiger partial charge in [0, 0.05) is 46.3 Å². The predicted octanol–water partition coefficient (Wildman–Crippen LogP) is 5.83. The number of aromatic nitrogens is 4. The number of aliphatic imine (C=N–C) groups is 1. The zero-order valence-electron chi connectivity index (χ0n) is 20.9. The van der Waals surface area contributed by atoms with Gasteiger partial charge in [-0.2, -0.15) is 18.4 Å². The molecule has 0 N–H and O–H groups in total. The molecule has 6 rings (SSSR count). The molecule has 0 unspecified atom stereocenters. The van der Waals surface area contributed by atoms with Gasteiger partial charge in [0.25, 0.3) is 0 Å². The first-order chi connectivity index (χ1) is 19.6. The number of hydrogen-bond acceptors (Lipinski definition) is 9. The van der Waals surface area contributed by atoms with Gasteiger partial charge in [0.05, 0.1) is 28.3 Å². The third kappa shape index (κ3) is 8.84. The van der Waals surface area contributed by atoms with Gasteiger partial charge in [0.1, 0.15) is 0 Å². The summed E-state index contributed by atoms with van der Waals surface area (Å²) in [6.45, 7) is 0. The van der Waals surface area contributed by atoms with Crippen molar-refractivity contribution in [3.8, 4) is 6.19 Å². The van der Waals surface area contributed by atoms with Crippen LogP contribution in [-0.2, 0) is 27.2 Å². The number of fused-ring (bicyclic) bond motifs is 6. The second-order valence-electron chi connectivity index (χ2n) is 7.64. The summed E-state index contributed by atoms with van der Waals surface area (Å²) in [6, 6.07) is 25.6. The van der Waals surface area contributed by atoms with Crippen molar-refractivity contribution in [2.75, 3.05) is 0 Å². The average molecular weight is 639 g/mol. The van der Waals surface area contributed by atoms with E-state index in [9.17, 15) is 13.2 Å². The SMILES string of the molecule is N#CN=C=[N-].O=S(=O)([O-])C(F)(F)F.[Cu+2].c1cnc2c(c1)ccc1cccnc12.c1cnc2c(c1)ccc1cccnc12. The molecule has 215 valence electrons. The third-order valence-corrected chi connectivity index (χ3v) is 5.64. The van der Waals surface area contributed by atoms with Crippen molar-refractivity contribution in [2.45, 2.75) is 5.51 Å². The van der Waals surface area contributed by atoms with E-state index in [0.717, 1.165) is 43.6 Å². The number of benzene rings is 2. The summed E-state index contributed by atoms with van der Waals surface area (Å²) < 4.78 is 58.9. The third-order valence-electron chi connectivity index (χ3n) is 5.07. The number of halogens is 3. The summed E-state index contributed by atoms with van der Waals surface area (Å²) in [5.74, 6) is 0. The van der Waals surface area contributed by atoms with Crippen LogP contribution in [0.1, 0.15) is 0 Å². The van der Waals surface area contributed by atoms with Crippen molar-refractivity contribution in [1.29, 1.82) is 5.26 Å². The molecule has 0 bridgehead atoms. The molecular formula is C27H16CuF3N7O3S. The molecule has 0 saturated carbocycles. The van der Waals surface area contributed by atoms with Crippen LogP contribution in [0.4, 0.5) is 13.2 Å². The largest absolute Gasteiger partial charge is 2.00 e. The second kappa shape index (κ2) is 15.2. The van der Waals surface area contributed by atoms with Gasteiger partial charge in [-0.3, -0.25) is 19.9 Å². The van der Waals surface area contributed by atoms with Crippen molar-refractivity contribution in [2.24, 2.45) is 4.99 Å². The van der Waals surface area contributed by atoms with E-state index in [1.54, 1.807) is 24.8 Å². The van der Waals surface area contributed by atoms with E-state index in [1.165, 1.54) is 12.2 Å². The molecule has 4 aromatic heterocycles. The molecule has 4 heterocycles. The summed E-state index contributed by atoms with van der Waals surface area (Å²) in [5.41, 5.74) is -1.74. The molecule has 0 aliphatic heterocycles. The fourth-order valence-electron chi connectivity index (χ4n) is 3.38. The minimum absolute atomic E-state index is 0. The minimum Gasteiger partial charge on any atom is -0.741 e. The van der Waals surface area contributed by atoms with Gasteiger partial charge < -0.3 is 15.0 Å². The van der Waals surface area contributed by atoms with Crippen molar-refractivity contribution >= 4 is 59.7 Å². The molecular weight excluding hydrogens is 623 g/mol. The molecule has 10 nitrogen and oxygen atoms in total. The van der Waals surface area contributed by atoms with E-state index in [1.807, 2.05) is 24.3 Å². The average Bonchev–Trinajstić information content (AvgIpc) is 2.97.